The van der Waals surface area contributed by atoms with Gasteiger partial charge in [-0.3, -0.25) is 4.90 Å². The van der Waals surface area contributed by atoms with Crippen LogP contribution in [0, 0.1) is 0 Å². The van der Waals surface area contributed by atoms with Gasteiger partial charge in [-0.05, 0) is 61.3 Å². The van der Waals surface area contributed by atoms with Crippen molar-refractivity contribution in [3.63, 3.8) is 0 Å². The quantitative estimate of drug-likeness (QED) is 0.750. The number of halogens is 1. The van der Waals surface area contributed by atoms with Gasteiger partial charge in [-0.2, -0.15) is 0 Å². The Morgan fingerprint density at radius 1 is 1.45 bits per heavy atom. The molecule has 1 aromatic heterocycles. The van der Waals surface area contributed by atoms with E-state index in [1.54, 1.807) is 11.1 Å². The van der Waals surface area contributed by atoms with Crippen molar-refractivity contribution in [2.45, 2.75) is 45.9 Å². The number of carbonyl (C=O) groups is 1. The first-order valence-corrected chi connectivity index (χ1v) is 8.36. The number of hydrogen-bond donors (Lipinski definition) is 0. The zero-order valence-corrected chi connectivity index (χ0v) is 15.3. The second-order valence-corrected chi connectivity index (χ2v) is 7.55. The highest BCUT2D eigenvalue weighted by Crippen LogP contribution is 2.18. The Kier molecular flexibility index (Phi) is 5.45. The predicted octanol–water partition coefficient (Wildman–Crippen LogP) is 3.29. The molecule has 22 heavy (non-hydrogen) atoms. The zero-order chi connectivity index (χ0) is 16.3. The van der Waals surface area contributed by atoms with E-state index in [1.165, 1.54) is 5.56 Å². The number of hydrogen-bond acceptors (Lipinski definition) is 4. The molecule has 1 aliphatic rings. The van der Waals surface area contributed by atoms with E-state index < -0.39 is 5.60 Å². The molecule has 2 rings (SSSR count). The normalized spacial score (nSPS) is 20.0. The van der Waals surface area contributed by atoms with Crippen LogP contribution in [0.2, 0.25) is 0 Å². The maximum Gasteiger partial charge on any atom is 0.410 e. The molecule has 0 aliphatic carbocycles. The molecule has 0 radical (unpaired) electrons. The van der Waals surface area contributed by atoms with E-state index in [-0.39, 0.29) is 6.09 Å². The summed E-state index contributed by atoms with van der Waals surface area (Å²) in [5, 5.41) is 0. The fraction of sp³-hybridized carbons (Fsp3) is 0.625. The van der Waals surface area contributed by atoms with Crippen LogP contribution in [-0.4, -0.2) is 52.2 Å². The monoisotopic (exact) mass is 369 g/mol. The summed E-state index contributed by atoms with van der Waals surface area (Å²) in [6, 6.07) is 4.36. The molecule has 1 aliphatic heterocycles. The first-order valence-electron chi connectivity index (χ1n) is 7.57. The van der Waals surface area contributed by atoms with E-state index in [1.807, 2.05) is 32.9 Å². The standard InChI is InChI=1S/C16H24BrN3O2/c1-12-10-20(15(21)22-16(2,3)4)8-7-19(12)11-13-5-6-18-14(17)9-13/h5-6,9,12H,7-8,10-11H2,1-4H3/t12-/m0/s1. The number of rotatable bonds is 2. The molecule has 122 valence electrons. The molecular formula is C16H24BrN3O2. The predicted molar refractivity (Wildman–Crippen MR) is 89.6 cm³/mol. The average Bonchev–Trinajstić information content (AvgIpc) is 2.39. The molecule has 0 bridgehead atoms. The molecule has 1 saturated heterocycles. The van der Waals surface area contributed by atoms with E-state index in [4.69, 9.17) is 4.74 Å². The van der Waals surface area contributed by atoms with Crippen LogP contribution in [-0.2, 0) is 11.3 Å². The number of amides is 1. The summed E-state index contributed by atoms with van der Waals surface area (Å²) in [5.74, 6) is 0. The van der Waals surface area contributed by atoms with Crippen molar-refractivity contribution in [2.24, 2.45) is 0 Å². The van der Waals surface area contributed by atoms with Gasteiger partial charge in [0.15, 0.2) is 0 Å². The Balaban J connectivity index is 1.91. The first-order chi connectivity index (χ1) is 10.2. The van der Waals surface area contributed by atoms with Gasteiger partial charge in [0, 0.05) is 38.4 Å². The van der Waals surface area contributed by atoms with E-state index in [9.17, 15) is 4.79 Å². The second-order valence-electron chi connectivity index (χ2n) is 6.73. The Labute approximate surface area is 140 Å². The maximum atomic E-state index is 12.1. The Morgan fingerprint density at radius 2 is 2.18 bits per heavy atom. The lowest BCUT2D eigenvalue weighted by Gasteiger charge is -2.40. The molecule has 5 nitrogen and oxygen atoms in total. The summed E-state index contributed by atoms with van der Waals surface area (Å²) in [6.07, 6.45) is 1.59. The van der Waals surface area contributed by atoms with E-state index in [2.05, 4.69) is 32.7 Å². The molecule has 1 atom stereocenters. The third-order valence-corrected chi connectivity index (χ3v) is 4.03. The van der Waals surface area contributed by atoms with Gasteiger partial charge in [0.1, 0.15) is 10.2 Å². The van der Waals surface area contributed by atoms with Gasteiger partial charge in [0.2, 0.25) is 0 Å². The summed E-state index contributed by atoms with van der Waals surface area (Å²) in [6.45, 7) is 10.9. The van der Waals surface area contributed by atoms with Gasteiger partial charge in [0.25, 0.3) is 0 Å². The molecular weight excluding hydrogens is 346 g/mol. The van der Waals surface area contributed by atoms with Crippen molar-refractivity contribution >= 4 is 22.0 Å². The largest absolute Gasteiger partial charge is 0.444 e. The Morgan fingerprint density at radius 3 is 2.77 bits per heavy atom. The van der Waals surface area contributed by atoms with Crippen LogP contribution in [0.4, 0.5) is 4.79 Å². The third kappa shape index (κ3) is 4.95. The Bertz CT molecular complexity index is 530. The van der Waals surface area contributed by atoms with Crippen LogP contribution in [0.15, 0.2) is 22.9 Å². The highest BCUT2D eigenvalue weighted by Gasteiger charge is 2.29. The van der Waals surface area contributed by atoms with Crippen LogP contribution in [0.25, 0.3) is 0 Å². The topological polar surface area (TPSA) is 45.7 Å². The third-order valence-electron chi connectivity index (χ3n) is 3.59. The molecule has 0 unspecified atom stereocenters. The van der Waals surface area contributed by atoms with Gasteiger partial charge in [-0.15, -0.1) is 0 Å². The zero-order valence-electron chi connectivity index (χ0n) is 13.7. The summed E-state index contributed by atoms with van der Waals surface area (Å²) in [4.78, 5) is 20.5. The summed E-state index contributed by atoms with van der Waals surface area (Å²) >= 11 is 3.40. The minimum Gasteiger partial charge on any atom is -0.444 e. The molecule has 1 fully saturated rings. The number of carbonyl (C=O) groups excluding carboxylic acids is 1. The fourth-order valence-electron chi connectivity index (χ4n) is 2.50. The minimum atomic E-state index is -0.444. The van der Waals surface area contributed by atoms with E-state index in [0.717, 1.165) is 17.7 Å². The summed E-state index contributed by atoms with van der Waals surface area (Å²) in [5.41, 5.74) is 0.778. The molecule has 0 spiro atoms. The lowest BCUT2D eigenvalue weighted by molar-refractivity contribution is 0.00461. The summed E-state index contributed by atoms with van der Waals surface area (Å²) in [7, 11) is 0. The smallest absolute Gasteiger partial charge is 0.410 e. The molecule has 6 heteroatoms. The minimum absolute atomic E-state index is 0.217. The van der Waals surface area contributed by atoms with Crippen LogP contribution in [0.5, 0.6) is 0 Å². The van der Waals surface area contributed by atoms with Crippen LogP contribution in [0.1, 0.15) is 33.3 Å². The average molecular weight is 370 g/mol. The highest BCUT2D eigenvalue weighted by atomic mass is 79.9. The molecule has 2 heterocycles. The molecule has 0 saturated carbocycles. The van der Waals surface area contributed by atoms with Crippen molar-refractivity contribution in [1.29, 1.82) is 0 Å². The number of ether oxygens (including phenoxy) is 1. The highest BCUT2D eigenvalue weighted by molar-refractivity contribution is 9.10. The number of piperazine rings is 1. The SMILES string of the molecule is C[C@H]1CN(C(=O)OC(C)(C)C)CCN1Cc1ccnc(Br)c1. The number of pyridine rings is 1. The maximum absolute atomic E-state index is 12.1. The van der Waals surface area contributed by atoms with Gasteiger partial charge in [-0.25, -0.2) is 9.78 Å². The van der Waals surface area contributed by atoms with Crippen molar-refractivity contribution in [2.75, 3.05) is 19.6 Å². The lowest BCUT2D eigenvalue weighted by atomic mass is 10.1. The lowest BCUT2D eigenvalue weighted by Crippen LogP contribution is -2.54. The summed E-state index contributed by atoms with van der Waals surface area (Å²) < 4.78 is 6.30. The van der Waals surface area contributed by atoms with Crippen LogP contribution < -0.4 is 0 Å². The van der Waals surface area contributed by atoms with Gasteiger partial charge < -0.3 is 9.64 Å². The van der Waals surface area contributed by atoms with E-state index >= 15 is 0 Å². The van der Waals surface area contributed by atoms with Crippen molar-refractivity contribution < 1.29 is 9.53 Å². The number of nitrogens with zero attached hydrogens (tertiary/aromatic N) is 3. The Hall–Kier alpha value is -1.14. The number of aromatic nitrogens is 1. The van der Waals surface area contributed by atoms with Crippen molar-refractivity contribution in [3.05, 3.63) is 28.5 Å². The van der Waals surface area contributed by atoms with E-state index in [0.29, 0.717) is 19.1 Å². The molecule has 1 amide bonds. The first kappa shape index (κ1) is 17.2. The van der Waals surface area contributed by atoms with Gasteiger partial charge in [-0.1, -0.05) is 0 Å². The second kappa shape index (κ2) is 6.96. The van der Waals surface area contributed by atoms with Crippen LogP contribution >= 0.6 is 15.9 Å². The van der Waals surface area contributed by atoms with Gasteiger partial charge >= 0.3 is 6.09 Å². The van der Waals surface area contributed by atoms with Crippen molar-refractivity contribution in [1.82, 2.24) is 14.8 Å². The molecule has 0 aromatic carbocycles. The van der Waals surface area contributed by atoms with Gasteiger partial charge in [0.05, 0.1) is 0 Å². The van der Waals surface area contributed by atoms with Crippen LogP contribution in [0.3, 0.4) is 0 Å². The van der Waals surface area contributed by atoms with Crippen molar-refractivity contribution in [3.8, 4) is 0 Å². The molecule has 1 aromatic rings. The molecule has 0 N–H and O–H groups in total. The fourth-order valence-corrected chi connectivity index (χ4v) is 2.91.